The molecular formula is C25H32N2O2. The molecule has 1 saturated carbocycles. The quantitative estimate of drug-likeness (QED) is 0.444. The third-order valence-electron chi connectivity index (χ3n) is 8.49. The lowest BCUT2D eigenvalue weighted by Gasteiger charge is -2.58. The van der Waals surface area contributed by atoms with E-state index in [1.54, 1.807) is 5.57 Å². The molecule has 1 fully saturated rings. The Morgan fingerprint density at radius 1 is 1.00 bits per heavy atom. The van der Waals surface area contributed by atoms with Crippen molar-refractivity contribution in [2.24, 2.45) is 22.7 Å². The maximum Gasteiger partial charge on any atom is 0.192 e. The van der Waals surface area contributed by atoms with E-state index in [2.05, 4.69) is 43.7 Å². The van der Waals surface area contributed by atoms with Gasteiger partial charge in [0.25, 0.3) is 0 Å². The molecular weight excluding hydrogens is 360 g/mol. The number of allylic oxidation sites excluding steroid dienone is 2. The molecule has 1 aromatic carbocycles. The predicted molar refractivity (Wildman–Crippen MR) is 116 cm³/mol. The second kappa shape index (κ2) is 6.20. The summed E-state index contributed by atoms with van der Waals surface area (Å²) >= 11 is 0. The highest BCUT2D eigenvalue weighted by atomic mass is 16.4. The van der Waals surface area contributed by atoms with Gasteiger partial charge in [-0.1, -0.05) is 32.4 Å². The summed E-state index contributed by atoms with van der Waals surface area (Å²) in [6.45, 7) is 13.6. The average molecular weight is 393 g/mol. The van der Waals surface area contributed by atoms with Gasteiger partial charge in [-0.05, 0) is 67.8 Å². The van der Waals surface area contributed by atoms with Gasteiger partial charge in [-0.3, -0.25) is 0 Å². The number of hydrogen-bond donors (Lipinski definition) is 0. The zero-order chi connectivity index (χ0) is 20.6. The highest BCUT2D eigenvalue weighted by molar-refractivity contribution is 5.93. The summed E-state index contributed by atoms with van der Waals surface area (Å²) in [6, 6.07) is 2.01. The van der Waals surface area contributed by atoms with Gasteiger partial charge in [-0.15, -0.1) is 0 Å². The SMILES string of the molecule is CC1=CCC[C@H]2[C@](C)(Cc3c4oc(C)nc4cc4nc(C)oc34)[C@@H](C)CC[C@@]12C. The minimum atomic E-state index is 0.172. The second-order valence-corrected chi connectivity index (χ2v) is 10.1. The van der Waals surface area contributed by atoms with Crippen LogP contribution in [0.2, 0.25) is 0 Å². The van der Waals surface area contributed by atoms with E-state index < -0.39 is 0 Å². The highest BCUT2D eigenvalue weighted by Gasteiger charge is 2.53. The normalized spacial score (nSPS) is 32.6. The number of hydrogen-bond acceptors (Lipinski definition) is 4. The van der Waals surface area contributed by atoms with Gasteiger partial charge in [0.1, 0.15) is 11.0 Å². The van der Waals surface area contributed by atoms with Crippen molar-refractivity contribution < 1.29 is 8.83 Å². The van der Waals surface area contributed by atoms with Crippen molar-refractivity contribution in [3.8, 4) is 0 Å². The fraction of sp³-hybridized carbons (Fsp3) is 0.600. The van der Waals surface area contributed by atoms with Gasteiger partial charge in [-0.25, -0.2) is 9.97 Å². The molecule has 2 aromatic heterocycles. The molecule has 0 amide bonds. The maximum absolute atomic E-state index is 6.11. The monoisotopic (exact) mass is 392 g/mol. The topological polar surface area (TPSA) is 52.1 Å². The van der Waals surface area contributed by atoms with E-state index in [1.807, 2.05) is 19.9 Å². The third-order valence-corrected chi connectivity index (χ3v) is 8.49. The Hall–Kier alpha value is -2.10. The van der Waals surface area contributed by atoms with Crippen molar-refractivity contribution in [3.63, 3.8) is 0 Å². The number of fused-ring (bicyclic) bond motifs is 3. The molecule has 4 atom stereocenters. The largest absolute Gasteiger partial charge is 0.441 e. The van der Waals surface area contributed by atoms with Crippen LogP contribution in [0.15, 0.2) is 26.5 Å². The van der Waals surface area contributed by atoms with Crippen LogP contribution in [0.1, 0.15) is 70.7 Å². The second-order valence-electron chi connectivity index (χ2n) is 10.1. The Morgan fingerprint density at radius 2 is 1.62 bits per heavy atom. The molecule has 4 heteroatoms. The van der Waals surface area contributed by atoms with Crippen molar-refractivity contribution in [2.45, 2.75) is 73.6 Å². The summed E-state index contributed by atoms with van der Waals surface area (Å²) < 4.78 is 12.2. The molecule has 4 nitrogen and oxygen atoms in total. The molecule has 0 bridgehead atoms. The molecule has 5 rings (SSSR count). The Kier molecular flexibility index (Phi) is 4.04. The highest BCUT2D eigenvalue weighted by Crippen LogP contribution is 2.61. The Balaban J connectivity index is 1.70. The number of aryl methyl sites for hydroxylation is 2. The summed E-state index contributed by atoms with van der Waals surface area (Å²) in [5.74, 6) is 2.70. The molecule has 2 aliphatic carbocycles. The standard InChI is InChI=1S/C25H32N2O2/c1-14-8-7-9-21-24(14,5)11-10-15(2)25(21,6)13-18-22-19(26-16(3)28-22)12-20-23(18)29-17(4)27-20/h8,12,15,21H,7,9-11,13H2,1-6H3/t15-,21+,24-,25+/m0/s1. The Morgan fingerprint density at radius 3 is 2.24 bits per heavy atom. The molecule has 0 aliphatic heterocycles. The first-order valence-corrected chi connectivity index (χ1v) is 11.1. The zero-order valence-electron chi connectivity index (χ0n) is 18.6. The molecule has 0 saturated heterocycles. The van der Waals surface area contributed by atoms with Crippen molar-refractivity contribution in [1.82, 2.24) is 9.97 Å². The molecule has 29 heavy (non-hydrogen) atoms. The van der Waals surface area contributed by atoms with Gasteiger partial charge in [0.05, 0.1) is 0 Å². The summed E-state index contributed by atoms with van der Waals surface area (Å²) in [5, 5.41) is 0. The first kappa shape index (κ1) is 18.9. The molecule has 2 heterocycles. The fourth-order valence-corrected chi connectivity index (χ4v) is 6.50. The van der Waals surface area contributed by atoms with Crippen molar-refractivity contribution in [1.29, 1.82) is 0 Å². The van der Waals surface area contributed by atoms with Gasteiger partial charge in [0.15, 0.2) is 22.9 Å². The summed E-state index contributed by atoms with van der Waals surface area (Å²) in [7, 11) is 0. The van der Waals surface area contributed by atoms with E-state index in [4.69, 9.17) is 8.83 Å². The number of benzene rings is 1. The minimum Gasteiger partial charge on any atom is -0.441 e. The van der Waals surface area contributed by atoms with Crippen molar-refractivity contribution >= 4 is 22.2 Å². The zero-order valence-corrected chi connectivity index (χ0v) is 18.6. The van der Waals surface area contributed by atoms with E-state index in [0.29, 0.717) is 29.0 Å². The lowest BCUT2D eigenvalue weighted by atomic mass is 9.47. The van der Waals surface area contributed by atoms with E-state index >= 15 is 0 Å². The molecule has 3 aromatic rings. The Bertz CT molecular complexity index is 1080. The number of nitrogens with zero attached hydrogens (tertiary/aromatic N) is 2. The number of rotatable bonds is 2. The van der Waals surface area contributed by atoms with Crippen LogP contribution in [0.5, 0.6) is 0 Å². The number of aromatic nitrogens is 2. The first-order valence-electron chi connectivity index (χ1n) is 11.1. The lowest BCUT2D eigenvalue weighted by Crippen LogP contribution is -2.50. The first-order chi connectivity index (χ1) is 13.7. The molecule has 2 aliphatic rings. The lowest BCUT2D eigenvalue weighted by molar-refractivity contribution is -0.0407. The van der Waals surface area contributed by atoms with Crippen LogP contribution in [0.25, 0.3) is 22.2 Å². The smallest absolute Gasteiger partial charge is 0.192 e. The van der Waals surface area contributed by atoms with E-state index in [0.717, 1.165) is 34.2 Å². The van der Waals surface area contributed by atoms with E-state index in [9.17, 15) is 0 Å². The molecule has 0 unspecified atom stereocenters. The van der Waals surface area contributed by atoms with Gasteiger partial charge in [0, 0.05) is 19.4 Å². The van der Waals surface area contributed by atoms with Crippen LogP contribution in [0, 0.1) is 36.5 Å². The summed E-state index contributed by atoms with van der Waals surface area (Å²) in [4.78, 5) is 9.24. The Labute approximate surface area is 172 Å². The van der Waals surface area contributed by atoms with E-state index in [1.165, 1.54) is 25.7 Å². The number of oxazole rings is 2. The van der Waals surface area contributed by atoms with Gasteiger partial charge >= 0.3 is 0 Å². The van der Waals surface area contributed by atoms with Gasteiger partial charge in [0.2, 0.25) is 0 Å². The molecule has 0 N–H and O–H groups in total. The molecule has 154 valence electrons. The van der Waals surface area contributed by atoms with Crippen LogP contribution in [0.3, 0.4) is 0 Å². The van der Waals surface area contributed by atoms with Crippen LogP contribution in [-0.4, -0.2) is 9.97 Å². The maximum atomic E-state index is 6.11. The summed E-state index contributed by atoms with van der Waals surface area (Å²) in [6.07, 6.45) is 8.43. The van der Waals surface area contributed by atoms with Crippen molar-refractivity contribution in [3.05, 3.63) is 35.1 Å². The van der Waals surface area contributed by atoms with Crippen LogP contribution in [-0.2, 0) is 6.42 Å². The van der Waals surface area contributed by atoms with E-state index in [-0.39, 0.29) is 5.41 Å². The van der Waals surface area contributed by atoms with Crippen LogP contribution in [0.4, 0.5) is 0 Å². The van der Waals surface area contributed by atoms with Crippen LogP contribution >= 0.6 is 0 Å². The van der Waals surface area contributed by atoms with Gasteiger partial charge in [-0.2, -0.15) is 0 Å². The summed E-state index contributed by atoms with van der Waals surface area (Å²) in [5.41, 5.74) is 6.77. The average Bonchev–Trinajstić information content (AvgIpc) is 3.21. The van der Waals surface area contributed by atoms with Gasteiger partial charge < -0.3 is 8.83 Å². The predicted octanol–water partition coefficient (Wildman–Crippen LogP) is 6.93. The molecule has 0 spiro atoms. The van der Waals surface area contributed by atoms with Crippen LogP contribution < -0.4 is 0 Å². The molecule has 0 radical (unpaired) electrons. The minimum absolute atomic E-state index is 0.172. The third kappa shape index (κ3) is 2.64. The van der Waals surface area contributed by atoms with Crippen molar-refractivity contribution in [2.75, 3.05) is 0 Å². The fourth-order valence-electron chi connectivity index (χ4n) is 6.50.